The van der Waals surface area contributed by atoms with Crippen LogP contribution in [0.2, 0.25) is 0 Å². The Morgan fingerprint density at radius 3 is 2.93 bits per heavy atom. The molecule has 0 saturated heterocycles. The molecule has 0 aliphatic heterocycles. The Balaban J connectivity index is 2.37. The second-order valence-electron chi connectivity index (χ2n) is 3.56. The number of carboxylic acids is 1. The van der Waals surface area contributed by atoms with E-state index >= 15 is 0 Å². The zero-order valence-electron chi connectivity index (χ0n) is 8.99. The van der Waals surface area contributed by atoms with E-state index in [9.17, 15) is 4.79 Å². The van der Waals surface area contributed by atoms with Crippen molar-refractivity contribution >= 4 is 17.3 Å². The second kappa shape index (κ2) is 5.85. The molecule has 1 heterocycles. The molecule has 1 aromatic rings. The van der Waals surface area contributed by atoms with E-state index in [0.29, 0.717) is 11.4 Å². The number of carboxylic acid groups (broad SMARTS) is 1. The molecular formula is C10H16N2O2S. The minimum Gasteiger partial charge on any atom is -0.477 e. The SMILES string of the molecule is CN(C)CCNCc1ccsc1C(=O)O. The van der Waals surface area contributed by atoms with Crippen molar-refractivity contribution in [2.75, 3.05) is 27.2 Å². The van der Waals surface area contributed by atoms with Crippen LogP contribution in [-0.4, -0.2) is 43.2 Å². The highest BCUT2D eigenvalue weighted by molar-refractivity contribution is 7.12. The van der Waals surface area contributed by atoms with Gasteiger partial charge < -0.3 is 15.3 Å². The van der Waals surface area contributed by atoms with Crippen molar-refractivity contribution in [1.29, 1.82) is 0 Å². The molecule has 0 radical (unpaired) electrons. The average Bonchev–Trinajstić information content (AvgIpc) is 2.60. The third kappa shape index (κ3) is 3.99. The van der Waals surface area contributed by atoms with Gasteiger partial charge in [-0.05, 0) is 31.1 Å². The summed E-state index contributed by atoms with van der Waals surface area (Å²) in [7, 11) is 4.02. The standard InChI is InChI=1S/C10H16N2O2S/c1-12(2)5-4-11-7-8-3-6-15-9(8)10(13)14/h3,6,11H,4-5,7H2,1-2H3,(H,13,14). The Hall–Kier alpha value is -0.910. The zero-order chi connectivity index (χ0) is 11.3. The van der Waals surface area contributed by atoms with Gasteiger partial charge in [0.2, 0.25) is 0 Å². The van der Waals surface area contributed by atoms with E-state index in [-0.39, 0.29) is 0 Å². The molecular weight excluding hydrogens is 212 g/mol. The van der Waals surface area contributed by atoms with Gasteiger partial charge in [-0.25, -0.2) is 4.79 Å². The fraction of sp³-hybridized carbons (Fsp3) is 0.500. The van der Waals surface area contributed by atoms with Crippen molar-refractivity contribution in [3.8, 4) is 0 Å². The summed E-state index contributed by atoms with van der Waals surface area (Å²) in [6.45, 7) is 2.44. The first-order chi connectivity index (χ1) is 7.11. The van der Waals surface area contributed by atoms with E-state index in [4.69, 9.17) is 5.11 Å². The molecule has 0 bridgehead atoms. The summed E-state index contributed by atoms with van der Waals surface area (Å²) in [5.41, 5.74) is 0.867. The summed E-state index contributed by atoms with van der Waals surface area (Å²) in [5, 5.41) is 13.9. The van der Waals surface area contributed by atoms with Crippen LogP contribution in [0.25, 0.3) is 0 Å². The van der Waals surface area contributed by atoms with Crippen molar-refractivity contribution in [3.05, 3.63) is 21.9 Å². The second-order valence-corrected chi connectivity index (χ2v) is 4.48. The molecule has 0 spiro atoms. The molecule has 0 unspecified atom stereocenters. The molecule has 0 saturated carbocycles. The Morgan fingerprint density at radius 1 is 1.60 bits per heavy atom. The third-order valence-corrected chi connectivity index (χ3v) is 2.94. The molecule has 0 aliphatic rings. The fourth-order valence-electron chi connectivity index (χ4n) is 1.19. The topological polar surface area (TPSA) is 52.6 Å². The largest absolute Gasteiger partial charge is 0.477 e. The molecule has 4 nitrogen and oxygen atoms in total. The van der Waals surface area contributed by atoms with E-state index in [1.54, 1.807) is 0 Å². The van der Waals surface area contributed by atoms with Gasteiger partial charge in [0.1, 0.15) is 4.88 Å². The lowest BCUT2D eigenvalue weighted by Crippen LogP contribution is -2.26. The lowest BCUT2D eigenvalue weighted by molar-refractivity contribution is 0.0701. The molecule has 5 heteroatoms. The first-order valence-electron chi connectivity index (χ1n) is 4.76. The van der Waals surface area contributed by atoms with Gasteiger partial charge in [0.25, 0.3) is 0 Å². The van der Waals surface area contributed by atoms with Crippen LogP contribution in [0.1, 0.15) is 15.2 Å². The number of hydrogen-bond donors (Lipinski definition) is 2. The first-order valence-corrected chi connectivity index (χ1v) is 5.64. The summed E-state index contributed by atoms with van der Waals surface area (Å²) in [5.74, 6) is -0.839. The van der Waals surface area contributed by atoms with Crippen molar-refractivity contribution in [2.24, 2.45) is 0 Å². The van der Waals surface area contributed by atoms with Crippen LogP contribution in [-0.2, 0) is 6.54 Å². The maximum atomic E-state index is 10.8. The van der Waals surface area contributed by atoms with Crippen LogP contribution in [0.4, 0.5) is 0 Å². The predicted molar refractivity (Wildman–Crippen MR) is 61.5 cm³/mol. The molecule has 1 rings (SSSR count). The fourth-order valence-corrected chi connectivity index (χ4v) is 1.95. The smallest absolute Gasteiger partial charge is 0.346 e. The summed E-state index contributed by atoms with van der Waals surface area (Å²) in [6, 6.07) is 1.86. The maximum Gasteiger partial charge on any atom is 0.346 e. The van der Waals surface area contributed by atoms with Gasteiger partial charge in [-0.2, -0.15) is 0 Å². The molecule has 0 amide bonds. The highest BCUT2D eigenvalue weighted by atomic mass is 32.1. The number of nitrogens with zero attached hydrogens (tertiary/aromatic N) is 1. The van der Waals surface area contributed by atoms with Gasteiger partial charge in [-0.15, -0.1) is 11.3 Å². The number of aromatic carboxylic acids is 1. The van der Waals surface area contributed by atoms with E-state index in [1.165, 1.54) is 11.3 Å². The zero-order valence-corrected chi connectivity index (χ0v) is 9.80. The highest BCUT2D eigenvalue weighted by Gasteiger charge is 2.10. The number of hydrogen-bond acceptors (Lipinski definition) is 4. The minimum absolute atomic E-state index is 0.437. The van der Waals surface area contributed by atoms with Gasteiger partial charge in [-0.3, -0.25) is 0 Å². The average molecular weight is 228 g/mol. The Bertz CT molecular complexity index is 323. The molecule has 2 N–H and O–H groups in total. The summed E-state index contributed by atoms with van der Waals surface area (Å²) >= 11 is 1.27. The summed E-state index contributed by atoms with van der Waals surface area (Å²) < 4.78 is 0. The summed E-state index contributed by atoms with van der Waals surface area (Å²) in [6.07, 6.45) is 0. The quantitative estimate of drug-likeness (QED) is 0.716. The van der Waals surface area contributed by atoms with E-state index in [1.807, 2.05) is 25.5 Å². The molecule has 0 fully saturated rings. The van der Waals surface area contributed by atoms with Crippen molar-refractivity contribution in [1.82, 2.24) is 10.2 Å². The normalized spacial score (nSPS) is 10.9. The molecule has 0 atom stereocenters. The Morgan fingerprint density at radius 2 is 2.33 bits per heavy atom. The van der Waals surface area contributed by atoms with Crippen LogP contribution >= 0.6 is 11.3 Å². The number of thiophene rings is 1. The van der Waals surface area contributed by atoms with Crippen LogP contribution in [0.5, 0.6) is 0 Å². The van der Waals surface area contributed by atoms with Crippen molar-refractivity contribution < 1.29 is 9.90 Å². The van der Waals surface area contributed by atoms with Crippen LogP contribution in [0.15, 0.2) is 11.4 Å². The molecule has 0 aromatic carbocycles. The molecule has 84 valence electrons. The van der Waals surface area contributed by atoms with E-state index in [0.717, 1.165) is 18.7 Å². The monoisotopic (exact) mass is 228 g/mol. The number of carbonyl (C=O) groups is 1. The maximum absolute atomic E-state index is 10.8. The van der Waals surface area contributed by atoms with Crippen LogP contribution in [0, 0.1) is 0 Å². The van der Waals surface area contributed by atoms with Gasteiger partial charge in [-0.1, -0.05) is 0 Å². The van der Waals surface area contributed by atoms with Crippen molar-refractivity contribution in [3.63, 3.8) is 0 Å². The van der Waals surface area contributed by atoms with E-state index in [2.05, 4.69) is 10.2 Å². The summed E-state index contributed by atoms with van der Waals surface area (Å²) in [4.78, 5) is 13.3. The van der Waals surface area contributed by atoms with Gasteiger partial charge >= 0.3 is 5.97 Å². The van der Waals surface area contributed by atoms with E-state index < -0.39 is 5.97 Å². The molecule has 15 heavy (non-hydrogen) atoms. The lowest BCUT2D eigenvalue weighted by atomic mass is 10.2. The van der Waals surface area contributed by atoms with Crippen molar-refractivity contribution in [2.45, 2.75) is 6.54 Å². The van der Waals surface area contributed by atoms with Gasteiger partial charge in [0.15, 0.2) is 0 Å². The van der Waals surface area contributed by atoms with Gasteiger partial charge in [0, 0.05) is 19.6 Å². The van der Waals surface area contributed by atoms with Crippen LogP contribution < -0.4 is 5.32 Å². The lowest BCUT2D eigenvalue weighted by Gasteiger charge is -2.09. The Labute approximate surface area is 93.5 Å². The minimum atomic E-state index is -0.839. The molecule has 0 aliphatic carbocycles. The Kier molecular flexibility index (Phi) is 4.74. The predicted octanol–water partition coefficient (Wildman–Crippen LogP) is 1.10. The highest BCUT2D eigenvalue weighted by Crippen LogP contribution is 2.16. The molecule has 1 aromatic heterocycles. The number of rotatable bonds is 6. The third-order valence-electron chi connectivity index (χ3n) is 1.99. The van der Waals surface area contributed by atoms with Gasteiger partial charge in [0.05, 0.1) is 0 Å². The number of nitrogens with one attached hydrogen (secondary N) is 1. The van der Waals surface area contributed by atoms with Crippen LogP contribution in [0.3, 0.4) is 0 Å². The first kappa shape index (κ1) is 12.2. The number of likely N-dealkylation sites (N-methyl/N-ethyl adjacent to an activating group) is 1.